The molecule has 0 bridgehead atoms. The first-order valence-corrected chi connectivity index (χ1v) is 4.73. The number of terminal acetylenes is 1. The first kappa shape index (κ1) is 10.4. The van der Waals surface area contributed by atoms with Crippen LogP contribution in [0.2, 0.25) is 0 Å². The lowest BCUT2D eigenvalue weighted by molar-refractivity contribution is 0.589. The van der Waals surface area contributed by atoms with Crippen molar-refractivity contribution in [2.24, 2.45) is 0 Å². The number of hydrogen-bond acceptors (Lipinski definition) is 0. The van der Waals surface area contributed by atoms with E-state index < -0.39 is 11.6 Å². The highest BCUT2D eigenvalue weighted by Gasteiger charge is 2.09. The predicted molar refractivity (Wildman–Crippen MR) is 59.7 cm³/mol. The highest BCUT2D eigenvalue weighted by atomic mass is 19.1. The Morgan fingerprint density at radius 3 is 1.94 bits per heavy atom. The summed E-state index contributed by atoms with van der Waals surface area (Å²) in [6.07, 6.45) is 5.20. The zero-order valence-corrected chi connectivity index (χ0v) is 8.37. The molecule has 0 nitrogen and oxygen atoms in total. The third-order valence-electron chi connectivity index (χ3n) is 2.30. The van der Waals surface area contributed by atoms with Gasteiger partial charge < -0.3 is 0 Å². The molecule has 0 heterocycles. The van der Waals surface area contributed by atoms with Crippen LogP contribution in [0.4, 0.5) is 8.78 Å². The van der Waals surface area contributed by atoms with Crippen LogP contribution in [0.1, 0.15) is 5.56 Å². The van der Waals surface area contributed by atoms with E-state index in [-0.39, 0.29) is 5.56 Å². The van der Waals surface area contributed by atoms with E-state index in [9.17, 15) is 8.78 Å². The summed E-state index contributed by atoms with van der Waals surface area (Å²) < 4.78 is 26.9. The first-order chi connectivity index (χ1) is 7.72. The lowest BCUT2D eigenvalue weighted by Gasteiger charge is -2.04. The third-order valence-corrected chi connectivity index (χ3v) is 2.30. The summed E-state index contributed by atoms with van der Waals surface area (Å²) in [5, 5.41) is 0. The maximum Gasteiger partial charge on any atom is 0.133 e. The van der Waals surface area contributed by atoms with Gasteiger partial charge in [0.05, 0.1) is 5.56 Å². The lowest BCUT2D eigenvalue weighted by Crippen LogP contribution is -1.89. The Kier molecular flexibility index (Phi) is 2.70. The Bertz CT molecular complexity index is 528. The number of rotatable bonds is 1. The van der Waals surface area contributed by atoms with Gasteiger partial charge in [-0.3, -0.25) is 0 Å². The lowest BCUT2D eigenvalue weighted by atomic mass is 10.0. The number of halogens is 2. The van der Waals surface area contributed by atoms with Gasteiger partial charge in [0, 0.05) is 5.56 Å². The molecule has 0 saturated heterocycles. The number of benzene rings is 2. The van der Waals surface area contributed by atoms with Crippen LogP contribution in [0.3, 0.4) is 0 Å². The average Bonchev–Trinajstić information content (AvgIpc) is 2.30. The van der Waals surface area contributed by atoms with Crippen molar-refractivity contribution in [3.63, 3.8) is 0 Å². The van der Waals surface area contributed by atoms with Crippen molar-refractivity contribution in [2.75, 3.05) is 0 Å². The van der Waals surface area contributed by atoms with E-state index in [4.69, 9.17) is 6.42 Å². The molecule has 0 atom stereocenters. The minimum absolute atomic E-state index is 0.0222. The van der Waals surface area contributed by atoms with Crippen LogP contribution in [0.25, 0.3) is 11.1 Å². The van der Waals surface area contributed by atoms with Gasteiger partial charge in [0.15, 0.2) is 0 Å². The maximum atomic E-state index is 13.4. The smallest absolute Gasteiger partial charge is 0.133 e. The van der Waals surface area contributed by atoms with Gasteiger partial charge in [-0.05, 0) is 29.8 Å². The molecule has 0 aromatic heterocycles. The molecule has 0 N–H and O–H groups in total. The maximum absolute atomic E-state index is 13.4. The van der Waals surface area contributed by atoms with E-state index in [1.54, 1.807) is 24.3 Å². The molecule has 2 aromatic rings. The fourth-order valence-electron chi connectivity index (χ4n) is 1.51. The van der Waals surface area contributed by atoms with Gasteiger partial charge in [0.1, 0.15) is 11.6 Å². The van der Waals surface area contributed by atoms with Crippen LogP contribution in [-0.4, -0.2) is 0 Å². The van der Waals surface area contributed by atoms with Crippen molar-refractivity contribution in [1.29, 1.82) is 0 Å². The van der Waals surface area contributed by atoms with Gasteiger partial charge >= 0.3 is 0 Å². The summed E-state index contributed by atoms with van der Waals surface area (Å²) in [4.78, 5) is 0. The fraction of sp³-hybridized carbons (Fsp3) is 0. The molecule has 0 amide bonds. The van der Waals surface area contributed by atoms with Crippen LogP contribution in [0.5, 0.6) is 0 Å². The van der Waals surface area contributed by atoms with Crippen LogP contribution in [-0.2, 0) is 0 Å². The highest BCUT2D eigenvalue weighted by molar-refractivity contribution is 5.65. The van der Waals surface area contributed by atoms with E-state index >= 15 is 0 Å². The molecule has 78 valence electrons. The van der Waals surface area contributed by atoms with Crippen LogP contribution < -0.4 is 0 Å². The van der Waals surface area contributed by atoms with E-state index in [1.165, 1.54) is 18.2 Å². The van der Waals surface area contributed by atoms with Crippen LogP contribution >= 0.6 is 0 Å². The Morgan fingerprint density at radius 2 is 1.44 bits per heavy atom. The summed E-state index contributed by atoms with van der Waals surface area (Å²) in [6.45, 7) is 0. The minimum atomic E-state index is -0.576. The normalized spacial score (nSPS) is 9.81. The van der Waals surface area contributed by atoms with Crippen molar-refractivity contribution < 1.29 is 8.78 Å². The van der Waals surface area contributed by atoms with E-state index in [0.29, 0.717) is 11.1 Å². The zero-order chi connectivity index (χ0) is 11.5. The van der Waals surface area contributed by atoms with E-state index in [2.05, 4.69) is 5.92 Å². The molecule has 0 aliphatic heterocycles. The monoisotopic (exact) mass is 214 g/mol. The summed E-state index contributed by atoms with van der Waals surface area (Å²) in [7, 11) is 0. The Labute approximate surface area is 92.5 Å². The van der Waals surface area contributed by atoms with Gasteiger partial charge in [-0.1, -0.05) is 24.1 Å². The summed E-state index contributed by atoms with van der Waals surface area (Å²) in [5.74, 6) is 1.30. The minimum Gasteiger partial charge on any atom is -0.206 e. The molecule has 2 heteroatoms. The molecule has 0 radical (unpaired) electrons. The predicted octanol–water partition coefficient (Wildman–Crippen LogP) is 3.61. The molecular weight excluding hydrogens is 206 g/mol. The van der Waals surface area contributed by atoms with Gasteiger partial charge in [-0.25, -0.2) is 8.78 Å². The Morgan fingerprint density at radius 1 is 0.875 bits per heavy atom. The average molecular weight is 214 g/mol. The molecule has 2 aromatic carbocycles. The molecule has 0 aliphatic carbocycles. The molecule has 0 saturated carbocycles. The second-order valence-corrected chi connectivity index (χ2v) is 3.32. The van der Waals surface area contributed by atoms with Crippen molar-refractivity contribution >= 4 is 0 Å². The quantitative estimate of drug-likeness (QED) is 0.636. The largest absolute Gasteiger partial charge is 0.206 e. The van der Waals surface area contributed by atoms with Crippen molar-refractivity contribution in [3.8, 4) is 23.5 Å². The Balaban J connectivity index is 2.55. The van der Waals surface area contributed by atoms with E-state index in [1.807, 2.05) is 0 Å². The van der Waals surface area contributed by atoms with Crippen LogP contribution in [0.15, 0.2) is 42.5 Å². The van der Waals surface area contributed by atoms with Crippen LogP contribution in [0, 0.1) is 24.0 Å². The van der Waals surface area contributed by atoms with Gasteiger partial charge in [-0.2, -0.15) is 0 Å². The molecule has 0 fully saturated rings. The molecule has 0 aliphatic rings. The third kappa shape index (κ3) is 1.80. The first-order valence-electron chi connectivity index (χ1n) is 4.73. The van der Waals surface area contributed by atoms with Crippen molar-refractivity contribution in [1.82, 2.24) is 0 Å². The molecule has 2 rings (SSSR count). The summed E-state index contributed by atoms with van der Waals surface area (Å²) in [5.41, 5.74) is 1.14. The summed E-state index contributed by atoms with van der Waals surface area (Å²) >= 11 is 0. The van der Waals surface area contributed by atoms with Gasteiger partial charge in [-0.15, -0.1) is 6.42 Å². The van der Waals surface area contributed by atoms with Gasteiger partial charge in [0.2, 0.25) is 0 Å². The SMILES string of the molecule is C#Cc1ccc(-c2c(F)cccc2F)cc1. The second-order valence-electron chi connectivity index (χ2n) is 3.32. The van der Waals surface area contributed by atoms with Crippen molar-refractivity contribution in [3.05, 3.63) is 59.7 Å². The second kappa shape index (κ2) is 4.16. The Hall–Kier alpha value is -2.14. The van der Waals surface area contributed by atoms with Crippen molar-refractivity contribution in [2.45, 2.75) is 0 Å². The molecule has 0 spiro atoms. The molecule has 0 unspecified atom stereocenters. The number of hydrogen-bond donors (Lipinski definition) is 0. The standard InChI is InChI=1S/C14H8F2/c1-2-10-6-8-11(9-7-10)14-12(15)4-3-5-13(14)16/h1,3-9H. The fourth-order valence-corrected chi connectivity index (χ4v) is 1.51. The topological polar surface area (TPSA) is 0 Å². The molecule has 16 heavy (non-hydrogen) atoms. The highest BCUT2D eigenvalue weighted by Crippen LogP contribution is 2.25. The summed E-state index contributed by atoms with van der Waals surface area (Å²) in [6, 6.07) is 10.3. The van der Waals surface area contributed by atoms with E-state index in [0.717, 1.165) is 0 Å². The van der Waals surface area contributed by atoms with Gasteiger partial charge in [0.25, 0.3) is 0 Å². The zero-order valence-electron chi connectivity index (χ0n) is 8.37. The molecular formula is C14H8F2.